The van der Waals surface area contributed by atoms with Crippen molar-refractivity contribution in [2.24, 2.45) is 0 Å². The summed E-state index contributed by atoms with van der Waals surface area (Å²) < 4.78 is 2.34. The molecule has 9 aromatic carbocycles. The molecule has 0 radical (unpaired) electrons. The van der Waals surface area contributed by atoms with Crippen molar-refractivity contribution in [2.75, 3.05) is 0 Å². The summed E-state index contributed by atoms with van der Waals surface area (Å²) in [5.41, 5.74) is 17.1. The predicted molar refractivity (Wildman–Crippen MR) is 278 cm³/mol. The van der Waals surface area contributed by atoms with E-state index < -0.39 is 0 Å². The van der Waals surface area contributed by atoms with E-state index in [1.165, 1.54) is 49.7 Å². The summed E-state index contributed by atoms with van der Waals surface area (Å²) in [4.78, 5) is 15.6. The van der Waals surface area contributed by atoms with Gasteiger partial charge in [-0.1, -0.05) is 212 Å². The highest BCUT2D eigenvalue weighted by molar-refractivity contribution is 6.09. The minimum absolute atomic E-state index is 0.245. The van der Waals surface area contributed by atoms with Crippen LogP contribution in [0.15, 0.2) is 249 Å². The fraction of sp³-hybridized carbons (Fsp3) is 0.0317. The topological polar surface area (TPSA) is 43.6 Å². The third kappa shape index (κ3) is 7.85. The van der Waals surface area contributed by atoms with Crippen LogP contribution in [0.3, 0.4) is 0 Å². The molecule has 1 aliphatic carbocycles. The van der Waals surface area contributed by atoms with E-state index in [-0.39, 0.29) is 5.92 Å². The molecule has 4 heteroatoms. The average molecular weight is 857 g/mol. The van der Waals surface area contributed by atoms with E-state index in [0.29, 0.717) is 17.5 Å². The van der Waals surface area contributed by atoms with E-state index in [0.717, 1.165) is 51.0 Å². The number of aromatic nitrogens is 4. The van der Waals surface area contributed by atoms with Crippen LogP contribution in [-0.2, 0) is 0 Å². The lowest BCUT2D eigenvalue weighted by Gasteiger charge is -2.20. The van der Waals surface area contributed by atoms with Gasteiger partial charge in [-0.05, 0) is 92.9 Å². The Labute approximate surface area is 390 Å². The number of rotatable bonds is 9. The van der Waals surface area contributed by atoms with E-state index in [1.807, 2.05) is 0 Å². The Morgan fingerprint density at radius 3 is 1.37 bits per heavy atom. The Morgan fingerprint density at radius 2 is 0.776 bits per heavy atom. The van der Waals surface area contributed by atoms with E-state index >= 15 is 0 Å². The molecule has 4 nitrogen and oxygen atoms in total. The number of hydrogen-bond donors (Lipinski definition) is 0. The van der Waals surface area contributed by atoms with Crippen LogP contribution in [0.4, 0.5) is 0 Å². The van der Waals surface area contributed by atoms with E-state index in [9.17, 15) is 0 Å². The van der Waals surface area contributed by atoms with Crippen molar-refractivity contribution in [3.05, 3.63) is 260 Å². The van der Waals surface area contributed by atoms with Crippen LogP contribution in [0.1, 0.15) is 23.5 Å². The fourth-order valence-electron chi connectivity index (χ4n) is 9.60. The van der Waals surface area contributed by atoms with E-state index in [4.69, 9.17) is 15.0 Å². The van der Waals surface area contributed by atoms with Crippen molar-refractivity contribution in [1.82, 2.24) is 19.5 Å². The molecule has 0 bridgehead atoms. The van der Waals surface area contributed by atoms with Gasteiger partial charge in [0.25, 0.3) is 0 Å². The summed E-state index contributed by atoms with van der Waals surface area (Å²) in [6.07, 6.45) is 7.69. The lowest BCUT2D eigenvalue weighted by molar-refractivity contribution is 0.867. The Balaban J connectivity index is 0.898. The molecule has 0 amide bonds. The second-order valence-corrected chi connectivity index (χ2v) is 17.2. The van der Waals surface area contributed by atoms with Crippen LogP contribution in [0.2, 0.25) is 0 Å². The molecule has 2 aromatic heterocycles. The van der Waals surface area contributed by atoms with Gasteiger partial charge in [-0.3, -0.25) is 0 Å². The van der Waals surface area contributed by atoms with Gasteiger partial charge < -0.3 is 4.57 Å². The highest BCUT2D eigenvalue weighted by Gasteiger charge is 2.19. The van der Waals surface area contributed by atoms with E-state index in [1.54, 1.807) is 0 Å². The van der Waals surface area contributed by atoms with Crippen molar-refractivity contribution < 1.29 is 0 Å². The van der Waals surface area contributed by atoms with Crippen molar-refractivity contribution in [1.29, 1.82) is 0 Å². The van der Waals surface area contributed by atoms with Gasteiger partial charge in [0.15, 0.2) is 17.5 Å². The second-order valence-electron chi connectivity index (χ2n) is 17.2. The lowest BCUT2D eigenvalue weighted by atomic mass is 9.84. The molecule has 316 valence electrons. The fourth-order valence-corrected chi connectivity index (χ4v) is 9.60. The molecule has 1 aliphatic rings. The molecule has 0 saturated heterocycles. The molecule has 0 spiro atoms. The molecule has 11 aromatic rings. The molecule has 2 heterocycles. The van der Waals surface area contributed by atoms with Crippen LogP contribution in [-0.4, -0.2) is 19.5 Å². The quantitative estimate of drug-likeness (QED) is 0.145. The Bertz CT molecular complexity index is 3590. The van der Waals surface area contributed by atoms with Crippen LogP contribution >= 0.6 is 0 Å². The third-order valence-corrected chi connectivity index (χ3v) is 13.0. The predicted octanol–water partition coefficient (Wildman–Crippen LogP) is 16.1. The molecule has 0 fully saturated rings. The van der Waals surface area contributed by atoms with Crippen molar-refractivity contribution in [2.45, 2.75) is 12.3 Å². The summed E-state index contributed by atoms with van der Waals surface area (Å²) in [6, 6.07) is 81.9. The third-order valence-electron chi connectivity index (χ3n) is 13.0. The molecule has 1 atom stereocenters. The normalized spacial score (nSPS) is 13.5. The maximum atomic E-state index is 5.22. The maximum Gasteiger partial charge on any atom is 0.164 e. The van der Waals surface area contributed by atoms with Gasteiger partial charge in [0.2, 0.25) is 0 Å². The number of nitrogens with zero attached hydrogens (tertiary/aromatic N) is 4. The second kappa shape index (κ2) is 17.3. The monoisotopic (exact) mass is 856 g/mol. The van der Waals surface area contributed by atoms with Crippen LogP contribution in [0, 0.1) is 0 Å². The van der Waals surface area contributed by atoms with Crippen molar-refractivity contribution in [3.8, 4) is 73.2 Å². The first kappa shape index (κ1) is 39.8. The summed E-state index contributed by atoms with van der Waals surface area (Å²) >= 11 is 0. The van der Waals surface area contributed by atoms with Crippen molar-refractivity contribution in [3.63, 3.8) is 0 Å². The molecular weight excluding hydrogens is 813 g/mol. The first-order valence-corrected chi connectivity index (χ1v) is 22.9. The zero-order valence-corrected chi connectivity index (χ0v) is 36.7. The number of para-hydroxylation sites is 2. The van der Waals surface area contributed by atoms with E-state index in [2.05, 4.69) is 253 Å². The highest BCUT2D eigenvalue weighted by atomic mass is 15.0. The molecule has 0 saturated carbocycles. The highest BCUT2D eigenvalue weighted by Crippen LogP contribution is 2.37. The van der Waals surface area contributed by atoms with Gasteiger partial charge in [0.1, 0.15) is 0 Å². The Hall–Kier alpha value is -8.73. The van der Waals surface area contributed by atoms with Crippen LogP contribution in [0.25, 0.3) is 101 Å². The number of benzene rings is 9. The smallest absolute Gasteiger partial charge is 0.164 e. The molecular formula is C63H44N4. The van der Waals surface area contributed by atoms with Gasteiger partial charge >= 0.3 is 0 Å². The SMILES string of the molecule is C1=CC(c2ccc(-c3nc(-c4ccc(-c5cccc(-c6ccccc6)c5)cc4)nc(-c4cccc(-n5c6ccccc6c6ccccc65)c4)n3)cc2)CC(c2cccc(-c3ccccc3)c2)=C1. The summed E-state index contributed by atoms with van der Waals surface area (Å²) in [6.45, 7) is 0. The Morgan fingerprint density at radius 1 is 0.343 bits per heavy atom. The number of allylic oxidation sites excluding steroid dienone is 4. The molecule has 67 heavy (non-hydrogen) atoms. The molecule has 12 rings (SSSR count). The minimum atomic E-state index is 0.245. The minimum Gasteiger partial charge on any atom is -0.309 e. The summed E-state index contributed by atoms with van der Waals surface area (Å²) in [5, 5.41) is 2.44. The summed E-state index contributed by atoms with van der Waals surface area (Å²) in [5.74, 6) is 2.12. The van der Waals surface area contributed by atoms with Gasteiger partial charge in [0.05, 0.1) is 11.0 Å². The lowest BCUT2D eigenvalue weighted by Crippen LogP contribution is -2.03. The number of fused-ring (bicyclic) bond motifs is 3. The van der Waals surface area contributed by atoms with Crippen molar-refractivity contribution >= 4 is 27.4 Å². The molecule has 0 N–H and O–H groups in total. The number of hydrogen-bond acceptors (Lipinski definition) is 3. The van der Waals surface area contributed by atoms with Crippen LogP contribution < -0.4 is 0 Å². The zero-order chi connectivity index (χ0) is 44.5. The zero-order valence-electron chi connectivity index (χ0n) is 36.7. The largest absolute Gasteiger partial charge is 0.309 e. The summed E-state index contributed by atoms with van der Waals surface area (Å²) in [7, 11) is 0. The van der Waals surface area contributed by atoms with Gasteiger partial charge in [-0.2, -0.15) is 0 Å². The standard InChI is InChI=1S/C63H44N4/c1-3-15-43(16-4-1)49-19-11-21-51(39-49)45-31-35-47(36-32-45)61-64-62(66-63(65-61)55-25-14-26-56(42-55)67-59-29-9-7-27-57(59)58-28-8-10-30-60(58)67)48-37-33-46(34-38-48)52-22-13-24-54(41-52)53-23-12-20-50(40-53)44-17-5-2-6-18-44/h1-40,42,52H,41H2. The van der Waals surface area contributed by atoms with Gasteiger partial charge in [-0.15, -0.1) is 0 Å². The molecule has 1 unspecified atom stereocenters. The van der Waals surface area contributed by atoms with Gasteiger partial charge in [0, 0.05) is 39.1 Å². The maximum absolute atomic E-state index is 5.22. The first-order chi connectivity index (χ1) is 33.2. The first-order valence-electron chi connectivity index (χ1n) is 22.9. The average Bonchev–Trinajstić information content (AvgIpc) is 3.76. The van der Waals surface area contributed by atoms with Crippen LogP contribution in [0.5, 0.6) is 0 Å². The molecule has 0 aliphatic heterocycles. The van der Waals surface area contributed by atoms with Gasteiger partial charge in [-0.25, -0.2) is 15.0 Å². The Kier molecular flexibility index (Phi) is 10.3.